The maximum absolute atomic E-state index is 13.3. The Kier molecular flexibility index (Phi) is 6.76. The molecular weight excluding hydrogens is 424 g/mol. The molecule has 2 heterocycles. The number of aromatic nitrogens is 2. The number of nitrogens with zero attached hydrogens (tertiary/aromatic N) is 3. The van der Waals surface area contributed by atoms with Gasteiger partial charge in [-0.3, -0.25) is 15.0 Å². The minimum absolute atomic E-state index is 0.181. The number of hydrogen-bond acceptors (Lipinski definition) is 5. The van der Waals surface area contributed by atoms with Crippen LogP contribution in [0.25, 0.3) is 5.69 Å². The normalized spacial score (nSPS) is 17.1. The van der Waals surface area contributed by atoms with Crippen molar-refractivity contribution in [1.29, 1.82) is 0 Å². The first kappa shape index (κ1) is 22.8. The molecule has 0 bridgehead atoms. The molecule has 34 heavy (non-hydrogen) atoms. The van der Waals surface area contributed by atoms with Crippen molar-refractivity contribution in [2.24, 2.45) is 11.7 Å². The summed E-state index contributed by atoms with van der Waals surface area (Å²) in [5.74, 6) is 0.633. The molecule has 1 unspecified atom stereocenters. The highest BCUT2D eigenvalue weighted by atomic mass is 16.2. The lowest BCUT2D eigenvalue weighted by molar-refractivity contribution is 0.101. The van der Waals surface area contributed by atoms with Crippen molar-refractivity contribution in [2.45, 2.75) is 45.3 Å². The fourth-order valence-corrected chi connectivity index (χ4v) is 4.71. The second-order valence-corrected chi connectivity index (χ2v) is 9.53. The molecule has 3 aromatic rings. The fourth-order valence-electron chi connectivity index (χ4n) is 4.71. The molecule has 1 saturated carbocycles. The van der Waals surface area contributed by atoms with E-state index in [4.69, 9.17) is 5.73 Å². The van der Waals surface area contributed by atoms with Gasteiger partial charge in [0, 0.05) is 12.2 Å². The molecule has 0 spiro atoms. The summed E-state index contributed by atoms with van der Waals surface area (Å²) in [4.78, 5) is 15.8. The molecular formula is C27H34N6O. The average molecular weight is 459 g/mol. The SMILES string of the molecule is Cc1cc(C(=O)Nc2cccc(C(NCC3CC3)N3CCCC3)c2)n(-c2cccc(CN)c2)n1. The summed E-state index contributed by atoms with van der Waals surface area (Å²) in [6.45, 7) is 5.61. The summed E-state index contributed by atoms with van der Waals surface area (Å²) in [6.07, 6.45) is 5.33. The number of carbonyl (C=O) groups excluding carboxylic acids is 1. The predicted octanol–water partition coefficient (Wildman–Crippen LogP) is 3.99. The van der Waals surface area contributed by atoms with Crippen molar-refractivity contribution in [2.75, 3.05) is 25.0 Å². The minimum atomic E-state index is -0.181. The van der Waals surface area contributed by atoms with Crippen LogP contribution >= 0.6 is 0 Å². The Morgan fingerprint density at radius 3 is 2.68 bits per heavy atom. The lowest BCUT2D eigenvalue weighted by Crippen LogP contribution is -2.37. The highest BCUT2D eigenvalue weighted by molar-refractivity contribution is 6.03. The largest absolute Gasteiger partial charge is 0.326 e. The Morgan fingerprint density at radius 2 is 1.91 bits per heavy atom. The van der Waals surface area contributed by atoms with Crippen LogP contribution in [0.4, 0.5) is 5.69 Å². The maximum Gasteiger partial charge on any atom is 0.274 e. The van der Waals surface area contributed by atoms with E-state index in [0.29, 0.717) is 12.2 Å². The van der Waals surface area contributed by atoms with Crippen LogP contribution in [0.3, 0.4) is 0 Å². The number of likely N-dealkylation sites (tertiary alicyclic amines) is 1. The number of aryl methyl sites for hydroxylation is 1. The van der Waals surface area contributed by atoms with Crippen molar-refractivity contribution in [3.63, 3.8) is 0 Å². The molecule has 2 aliphatic rings. The standard InChI is InChI=1S/C27H34N6O/c1-19-14-25(33(31-19)24-9-4-6-21(15-24)17-28)27(34)30-23-8-5-7-22(16-23)26(29-18-20-10-11-20)32-12-2-3-13-32/h4-9,14-16,20,26,29H,2-3,10-13,17-18,28H2,1H3,(H,30,34). The Morgan fingerprint density at radius 1 is 1.12 bits per heavy atom. The van der Waals surface area contributed by atoms with Crippen LogP contribution in [0.1, 0.15) is 59.2 Å². The van der Waals surface area contributed by atoms with E-state index in [1.54, 1.807) is 4.68 Å². The smallest absolute Gasteiger partial charge is 0.274 e. The zero-order valence-electron chi connectivity index (χ0n) is 19.8. The number of rotatable bonds is 9. The molecule has 7 nitrogen and oxygen atoms in total. The molecule has 1 atom stereocenters. The molecule has 1 aliphatic carbocycles. The predicted molar refractivity (Wildman–Crippen MR) is 135 cm³/mol. The Labute approximate surface area is 201 Å². The summed E-state index contributed by atoms with van der Waals surface area (Å²) in [6, 6.07) is 17.9. The number of nitrogens with two attached hydrogens (primary N) is 1. The lowest BCUT2D eigenvalue weighted by atomic mass is 10.1. The Balaban J connectivity index is 1.36. The molecule has 2 fully saturated rings. The minimum Gasteiger partial charge on any atom is -0.326 e. The highest BCUT2D eigenvalue weighted by Gasteiger charge is 2.27. The third-order valence-electron chi connectivity index (χ3n) is 6.72. The maximum atomic E-state index is 13.3. The summed E-state index contributed by atoms with van der Waals surface area (Å²) < 4.78 is 1.69. The van der Waals surface area contributed by atoms with E-state index in [0.717, 1.165) is 48.2 Å². The van der Waals surface area contributed by atoms with Crippen LogP contribution in [0.15, 0.2) is 54.6 Å². The van der Waals surface area contributed by atoms with Gasteiger partial charge >= 0.3 is 0 Å². The van der Waals surface area contributed by atoms with Crippen LogP contribution in [0.2, 0.25) is 0 Å². The Hall–Kier alpha value is -3.00. The quantitative estimate of drug-likeness (QED) is 0.451. The van der Waals surface area contributed by atoms with Crippen molar-refractivity contribution >= 4 is 11.6 Å². The van der Waals surface area contributed by atoms with E-state index < -0.39 is 0 Å². The topological polar surface area (TPSA) is 88.2 Å². The van der Waals surface area contributed by atoms with Crippen LogP contribution in [-0.4, -0.2) is 40.2 Å². The monoisotopic (exact) mass is 458 g/mol. The number of carbonyl (C=O) groups is 1. The van der Waals surface area contributed by atoms with Crippen LogP contribution < -0.4 is 16.4 Å². The molecule has 1 amide bonds. The zero-order valence-corrected chi connectivity index (χ0v) is 19.8. The second-order valence-electron chi connectivity index (χ2n) is 9.53. The first-order valence-corrected chi connectivity index (χ1v) is 12.4. The summed E-state index contributed by atoms with van der Waals surface area (Å²) in [7, 11) is 0. The third-order valence-corrected chi connectivity index (χ3v) is 6.72. The first-order chi connectivity index (χ1) is 16.6. The molecule has 0 radical (unpaired) electrons. The number of benzene rings is 2. The Bertz CT molecular complexity index is 1150. The molecule has 2 aromatic carbocycles. The molecule has 1 saturated heterocycles. The van der Waals surface area contributed by atoms with Crippen molar-refractivity contribution < 1.29 is 4.79 Å². The van der Waals surface area contributed by atoms with Gasteiger partial charge in [0.15, 0.2) is 0 Å². The van der Waals surface area contributed by atoms with E-state index in [2.05, 4.69) is 32.8 Å². The molecule has 1 aliphatic heterocycles. The van der Waals surface area contributed by atoms with E-state index in [9.17, 15) is 4.79 Å². The molecule has 7 heteroatoms. The molecule has 5 rings (SSSR count). The van der Waals surface area contributed by atoms with Gasteiger partial charge in [-0.2, -0.15) is 5.10 Å². The van der Waals surface area contributed by atoms with Crippen LogP contribution in [0, 0.1) is 12.8 Å². The van der Waals surface area contributed by atoms with Gasteiger partial charge in [-0.15, -0.1) is 0 Å². The van der Waals surface area contributed by atoms with E-state index >= 15 is 0 Å². The second kappa shape index (κ2) is 10.1. The van der Waals surface area contributed by atoms with Gasteiger partial charge in [0.1, 0.15) is 5.69 Å². The number of amides is 1. The van der Waals surface area contributed by atoms with Gasteiger partial charge in [-0.25, -0.2) is 4.68 Å². The summed E-state index contributed by atoms with van der Waals surface area (Å²) in [5, 5.41) is 11.5. The van der Waals surface area contributed by atoms with Gasteiger partial charge < -0.3 is 11.1 Å². The average Bonchev–Trinajstić information content (AvgIpc) is 3.35. The lowest BCUT2D eigenvalue weighted by Gasteiger charge is -2.29. The molecule has 4 N–H and O–H groups in total. The third kappa shape index (κ3) is 5.22. The number of anilines is 1. The van der Waals surface area contributed by atoms with E-state index in [-0.39, 0.29) is 12.1 Å². The van der Waals surface area contributed by atoms with Crippen molar-refractivity contribution in [1.82, 2.24) is 20.0 Å². The van der Waals surface area contributed by atoms with Crippen LogP contribution in [0.5, 0.6) is 0 Å². The van der Waals surface area contributed by atoms with E-state index in [1.807, 2.05) is 49.4 Å². The van der Waals surface area contributed by atoms with Gasteiger partial charge in [0.2, 0.25) is 0 Å². The number of hydrogen-bond donors (Lipinski definition) is 3. The van der Waals surface area contributed by atoms with Crippen molar-refractivity contribution in [3.8, 4) is 5.69 Å². The summed E-state index contributed by atoms with van der Waals surface area (Å²) in [5.41, 5.74) is 10.9. The summed E-state index contributed by atoms with van der Waals surface area (Å²) >= 11 is 0. The van der Waals surface area contributed by atoms with Crippen molar-refractivity contribution in [3.05, 3.63) is 77.1 Å². The zero-order chi connectivity index (χ0) is 23.5. The van der Waals surface area contributed by atoms with Gasteiger partial charge in [-0.05, 0) is 99.6 Å². The molecule has 178 valence electrons. The first-order valence-electron chi connectivity index (χ1n) is 12.4. The van der Waals surface area contributed by atoms with Gasteiger partial charge in [0.25, 0.3) is 5.91 Å². The van der Waals surface area contributed by atoms with Crippen LogP contribution in [-0.2, 0) is 6.54 Å². The van der Waals surface area contributed by atoms with Gasteiger partial charge in [0.05, 0.1) is 17.5 Å². The number of nitrogens with one attached hydrogen (secondary N) is 2. The van der Waals surface area contributed by atoms with E-state index in [1.165, 1.54) is 31.2 Å². The molecule has 1 aromatic heterocycles. The fraction of sp³-hybridized carbons (Fsp3) is 0.407. The highest BCUT2D eigenvalue weighted by Crippen LogP contribution is 2.31. The van der Waals surface area contributed by atoms with Gasteiger partial charge in [-0.1, -0.05) is 24.3 Å².